The number of fused-ring (bicyclic) bond motifs is 1. The second-order valence-electron chi connectivity index (χ2n) is 4.56. The van der Waals surface area contributed by atoms with Gasteiger partial charge in [-0.1, -0.05) is 6.07 Å². The van der Waals surface area contributed by atoms with Crippen molar-refractivity contribution >= 4 is 27.4 Å². The summed E-state index contributed by atoms with van der Waals surface area (Å²) in [7, 11) is 0. The van der Waals surface area contributed by atoms with Gasteiger partial charge in [-0.05, 0) is 47.2 Å². The molecule has 0 saturated heterocycles. The van der Waals surface area contributed by atoms with Crippen molar-refractivity contribution in [2.45, 2.75) is 6.61 Å². The molecule has 1 heterocycles. The minimum absolute atomic E-state index is 0.199. The molecular formula is C16H12O4S. The molecule has 0 radical (unpaired) electrons. The molecule has 1 aromatic heterocycles. The van der Waals surface area contributed by atoms with Gasteiger partial charge >= 0.3 is 5.97 Å². The number of ether oxygens (including phenoxy) is 1. The molecular weight excluding hydrogens is 288 g/mol. The van der Waals surface area contributed by atoms with Crippen LogP contribution in [-0.4, -0.2) is 16.2 Å². The van der Waals surface area contributed by atoms with Crippen molar-refractivity contribution in [1.82, 2.24) is 0 Å². The molecule has 4 nitrogen and oxygen atoms in total. The monoisotopic (exact) mass is 300 g/mol. The molecule has 3 aromatic rings. The van der Waals surface area contributed by atoms with E-state index in [1.807, 2.05) is 11.4 Å². The number of carbonyl (C=O) groups is 1. The highest BCUT2D eigenvalue weighted by atomic mass is 32.1. The third-order valence-corrected chi connectivity index (χ3v) is 4.13. The highest BCUT2D eigenvalue weighted by molar-refractivity contribution is 7.17. The standard InChI is InChI=1S/C16H12O4S/c17-12-2-4-13(5-3-12)20-8-11-9-21-15-7-10(16(18)19)1-6-14(11)15/h1-7,9,17H,8H2,(H,18,19). The third kappa shape index (κ3) is 2.83. The largest absolute Gasteiger partial charge is 0.508 e. The minimum Gasteiger partial charge on any atom is -0.508 e. The van der Waals surface area contributed by atoms with Crippen molar-refractivity contribution in [1.29, 1.82) is 0 Å². The Balaban J connectivity index is 1.81. The lowest BCUT2D eigenvalue weighted by molar-refractivity contribution is 0.0697. The topological polar surface area (TPSA) is 66.8 Å². The normalized spacial score (nSPS) is 10.7. The Morgan fingerprint density at radius 3 is 2.62 bits per heavy atom. The molecule has 0 spiro atoms. The number of aromatic carboxylic acids is 1. The van der Waals surface area contributed by atoms with Gasteiger partial charge in [0.05, 0.1) is 5.56 Å². The predicted octanol–water partition coefficient (Wildman–Crippen LogP) is 3.88. The fraction of sp³-hybridized carbons (Fsp3) is 0.0625. The number of aromatic hydroxyl groups is 1. The van der Waals surface area contributed by atoms with Crippen LogP contribution in [0, 0.1) is 0 Å². The molecule has 0 aliphatic carbocycles. The van der Waals surface area contributed by atoms with E-state index in [9.17, 15) is 9.90 Å². The van der Waals surface area contributed by atoms with Crippen molar-refractivity contribution in [2.75, 3.05) is 0 Å². The molecule has 0 atom stereocenters. The van der Waals surface area contributed by atoms with E-state index >= 15 is 0 Å². The number of phenols is 1. The summed E-state index contributed by atoms with van der Waals surface area (Å²) in [6, 6.07) is 11.6. The van der Waals surface area contributed by atoms with E-state index in [-0.39, 0.29) is 11.3 Å². The van der Waals surface area contributed by atoms with E-state index in [0.717, 1.165) is 15.6 Å². The van der Waals surface area contributed by atoms with E-state index in [1.165, 1.54) is 11.3 Å². The summed E-state index contributed by atoms with van der Waals surface area (Å²) in [5, 5.41) is 21.2. The molecule has 0 aliphatic rings. The van der Waals surface area contributed by atoms with Gasteiger partial charge in [-0.3, -0.25) is 0 Å². The fourth-order valence-corrected chi connectivity index (χ4v) is 3.02. The Morgan fingerprint density at radius 1 is 1.14 bits per heavy atom. The highest BCUT2D eigenvalue weighted by Gasteiger charge is 2.09. The van der Waals surface area contributed by atoms with Gasteiger partial charge in [0, 0.05) is 10.3 Å². The van der Waals surface area contributed by atoms with Gasteiger partial charge in [-0.25, -0.2) is 4.79 Å². The first-order valence-corrected chi connectivity index (χ1v) is 7.17. The molecule has 0 bridgehead atoms. The van der Waals surface area contributed by atoms with Gasteiger partial charge in [-0.15, -0.1) is 11.3 Å². The van der Waals surface area contributed by atoms with Crippen LogP contribution in [0.25, 0.3) is 10.1 Å². The number of thiophene rings is 1. The van der Waals surface area contributed by atoms with Gasteiger partial charge < -0.3 is 14.9 Å². The summed E-state index contributed by atoms with van der Waals surface area (Å²) in [6.45, 7) is 0.400. The number of phenolic OH excluding ortho intramolecular Hbond substituents is 1. The Bertz CT molecular complexity index is 790. The summed E-state index contributed by atoms with van der Waals surface area (Å²) >= 11 is 1.50. The maximum Gasteiger partial charge on any atom is 0.335 e. The van der Waals surface area contributed by atoms with Crippen LogP contribution in [0.5, 0.6) is 11.5 Å². The number of benzene rings is 2. The number of carboxylic acids is 1. The van der Waals surface area contributed by atoms with Crippen LogP contribution in [0.4, 0.5) is 0 Å². The van der Waals surface area contributed by atoms with Crippen LogP contribution >= 0.6 is 11.3 Å². The minimum atomic E-state index is -0.924. The third-order valence-electron chi connectivity index (χ3n) is 3.13. The summed E-state index contributed by atoms with van der Waals surface area (Å²) in [6.07, 6.45) is 0. The van der Waals surface area contributed by atoms with Crippen molar-refractivity contribution in [3.8, 4) is 11.5 Å². The Kier molecular flexibility index (Phi) is 3.50. The van der Waals surface area contributed by atoms with E-state index in [1.54, 1.807) is 36.4 Å². The average Bonchev–Trinajstić information content (AvgIpc) is 2.89. The lowest BCUT2D eigenvalue weighted by Gasteiger charge is -2.05. The second-order valence-corrected chi connectivity index (χ2v) is 5.47. The van der Waals surface area contributed by atoms with Crippen LogP contribution in [0.15, 0.2) is 47.8 Å². The Morgan fingerprint density at radius 2 is 1.90 bits per heavy atom. The molecule has 21 heavy (non-hydrogen) atoms. The first-order chi connectivity index (χ1) is 10.1. The molecule has 0 aliphatic heterocycles. The predicted molar refractivity (Wildman–Crippen MR) is 81.2 cm³/mol. The lowest BCUT2D eigenvalue weighted by atomic mass is 10.1. The molecule has 106 valence electrons. The van der Waals surface area contributed by atoms with Crippen LogP contribution < -0.4 is 4.74 Å². The molecule has 2 N–H and O–H groups in total. The van der Waals surface area contributed by atoms with Crippen LogP contribution in [0.2, 0.25) is 0 Å². The van der Waals surface area contributed by atoms with E-state index < -0.39 is 5.97 Å². The van der Waals surface area contributed by atoms with Gasteiger partial charge in [0.2, 0.25) is 0 Å². The quantitative estimate of drug-likeness (QED) is 0.767. The van der Waals surface area contributed by atoms with Crippen LogP contribution in [0.3, 0.4) is 0 Å². The Labute approximate surface area is 124 Å². The maximum atomic E-state index is 10.9. The smallest absolute Gasteiger partial charge is 0.335 e. The lowest BCUT2D eigenvalue weighted by Crippen LogP contribution is -1.96. The number of hydrogen-bond donors (Lipinski definition) is 2. The van der Waals surface area contributed by atoms with Gasteiger partial charge in [0.25, 0.3) is 0 Å². The van der Waals surface area contributed by atoms with Crippen molar-refractivity contribution in [3.05, 3.63) is 59.0 Å². The zero-order chi connectivity index (χ0) is 14.8. The molecule has 0 amide bonds. The number of rotatable bonds is 4. The molecule has 0 saturated carbocycles. The van der Waals surface area contributed by atoms with Gasteiger partial charge in [-0.2, -0.15) is 0 Å². The van der Waals surface area contributed by atoms with E-state index in [0.29, 0.717) is 12.4 Å². The first kappa shape index (κ1) is 13.5. The second kappa shape index (κ2) is 5.46. The SMILES string of the molecule is O=C(O)c1ccc2c(COc3ccc(O)cc3)csc2c1. The zero-order valence-corrected chi connectivity index (χ0v) is 11.8. The van der Waals surface area contributed by atoms with Gasteiger partial charge in [0.15, 0.2) is 0 Å². The molecule has 0 unspecified atom stereocenters. The van der Waals surface area contributed by atoms with E-state index in [4.69, 9.17) is 9.84 Å². The van der Waals surface area contributed by atoms with Crippen molar-refractivity contribution in [3.63, 3.8) is 0 Å². The van der Waals surface area contributed by atoms with Crippen LogP contribution in [-0.2, 0) is 6.61 Å². The summed E-state index contributed by atoms with van der Waals surface area (Å²) in [5.74, 6) is -0.0500. The maximum absolute atomic E-state index is 10.9. The summed E-state index contributed by atoms with van der Waals surface area (Å²) < 4.78 is 6.60. The van der Waals surface area contributed by atoms with Crippen LogP contribution in [0.1, 0.15) is 15.9 Å². The Hall–Kier alpha value is -2.53. The summed E-state index contributed by atoms with van der Waals surface area (Å²) in [4.78, 5) is 10.9. The van der Waals surface area contributed by atoms with E-state index in [2.05, 4.69) is 0 Å². The highest BCUT2D eigenvalue weighted by Crippen LogP contribution is 2.28. The fourth-order valence-electron chi connectivity index (χ4n) is 2.03. The van der Waals surface area contributed by atoms with Gasteiger partial charge in [0.1, 0.15) is 18.1 Å². The first-order valence-electron chi connectivity index (χ1n) is 6.29. The summed E-state index contributed by atoms with van der Waals surface area (Å²) in [5.41, 5.74) is 1.30. The average molecular weight is 300 g/mol. The number of hydrogen-bond acceptors (Lipinski definition) is 4. The zero-order valence-electron chi connectivity index (χ0n) is 10.9. The van der Waals surface area contributed by atoms with Crippen molar-refractivity contribution < 1.29 is 19.7 Å². The van der Waals surface area contributed by atoms with Crippen molar-refractivity contribution in [2.24, 2.45) is 0 Å². The molecule has 0 fully saturated rings. The molecule has 3 rings (SSSR count). The molecule has 2 aromatic carbocycles. The number of carboxylic acid groups (broad SMARTS) is 1. The molecule has 5 heteroatoms.